The summed E-state index contributed by atoms with van der Waals surface area (Å²) in [5, 5.41) is 13.9. The van der Waals surface area contributed by atoms with Crippen LogP contribution in [0.2, 0.25) is 0 Å². The largest absolute Gasteiger partial charge is 0.756 e. The van der Waals surface area contributed by atoms with E-state index in [1.165, 1.54) is 122 Å². The maximum absolute atomic E-state index is 13.0. The van der Waals surface area contributed by atoms with Crippen molar-refractivity contribution in [2.24, 2.45) is 0 Å². The Labute approximate surface area is 426 Å². The molecule has 0 radical (unpaired) electrons. The lowest BCUT2D eigenvalue weighted by Crippen LogP contribution is -2.45. The highest BCUT2D eigenvalue weighted by Crippen LogP contribution is 2.38. The number of rotatable bonds is 51. The van der Waals surface area contributed by atoms with Crippen LogP contribution in [0.3, 0.4) is 0 Å². The van der Waals surface area contributed by atoms with Crippen LogP contribution in [-0.4, -0.2) is 68.5 Å². The van der Waals surface area contributed by atoms with Crippen molar-refractivity contribution in [3.63, 3.8) is 0 Å². The molecule has 3 atom stereocenters. The predicted octanol–water partition coefficient (Wildman–Crippen LogP) is 16.6. The number of aliphatic hydroxyl groups excluding tert-OH is 1. The van der Waals surface area contributed by atoms with Crippen LogP contribution >= 0.6 is 7.82 Å². The van der Waals surface area contributed by atoms with Crippen molar-refractivity contribution in [3.05, 3.63) is 85.1 Å². The standard InChI is InChI=1S/C60H109N2O6P/c1-6-8-10-12-14-16-18-20-22-24-26-28-30-31-32-34-36-38-40-42-44-46-48-50-52-54-60(64)61-58(57-68-69(65,66)67-56-55-62(3,4)5)59(63)53-51-49-47-45-43-41-39-37-35-33-29-27-25-23-21-19-17-15-13-11-9-7-2/h8,10,14,16,20,22,26,28,31-32,36,38,51,53,58-59,63H,6-7,9,11-13,15,17-19,21,23-25,27,29-30,33-35,37,39-50,52,54-57H2,1-5H3,(H-,61,64,65,66)/b10-8-,16-14-,22-20-,28-26-,32-31-,38-36-,53-51+. The first-order valence-corrected chi connectivity index (χ1v) is 29.9. The van der Waals surface area contributed by atoms with E-state index >= 15 is 0 Å². The molecule has 9 heteroatoms. The number of nitrogens with one attached hydrogen (secondary N) is 1. The molecule has 0 saturated heterocycles. The first-order valence-electron chi connectivity index (χ1n) is 28.4. The third-order valence-electron chi connectivity index (χ3n) is 12.4. The van der Waals surface area contributed by atoms with Gasteiger partial charge in [-0.05, 0) is 70.6 Å². The molecule has 0 aromatic heterocycles. The SMILES string of the molecule is CC/C=C\C/C=C\C/C=C\C/C=C\C/C=C\C/C=C\CCCCCCCCC(=O)NC(COP(=O)([O-])OCC[N+](C)(C)C)C(O)/C=C/CCCCCCCCCCCCCCCCCCCCCC. The smallest absolute Gasteiger partial charge is 0.268 e. The van der Waals surface area contributed by atoms with Gasteiger partial charge in [-0.15, -0.1) is 0 Å². The van der Waals surface area contributed by atoms with Gasteiger partial charge < -0.3 is 28.8 Å². The number of carbonyl (C=O) groups is 1. The number of allylic oxidation sites excluding steroid dienone is 13. The Kier molecular flexibility index (Phi) is 48.9. The molecule has 0 bridgehead atoms. The third kappa shape index (κ3) is 53.3. The van der Waals surface area contributed by atoms with Crippen molar-refractivity contribution in [1.82, 2.24) is 5.32 Å². The molecule has 0 aliphatic carbocycles. The molecule has 3 unspecified atom stereocenters. The molecule has 0 aliphatic heterocycles. The summed E-state index contributed by atoms with van der Waals surface area (Å²) in [6, 6.07) is -0.901. The topological polar surface area (TPSA) is 108 Å². The zero-order chi connectivity index (χ0) is 50.6. The summed E-state index contributed by atoms with van der Waals surface area (Å²) in [6.07, 6.45) is 70.7. The number of hydrogen-bond acceptors (Lipinski definition) is 6. The molecule has 0 aromatic carbocycles. The van der Waals surface area contributed by atoms with E-state index in [0.717, 1.165) is 96.3 Å². The summed E-state index contributed by atoms with van der Waals surface area (Å²) >= 11 is 0. The lowest BCUT2D eigenvalue weighted by atomic mass is 10.0. The highest BCUT2D eigenvalue weighted by Gasteiger charge is 2.23. The number of unbranched alkanes of at least 4 members (excludes halogenated alkanes) is 26. The molecule has 2 N–H and O–H groups in total. The van der Waals surface area contributed by atoms with Gasteiger partial charge in [0, 0.05) is 6.42 Å². The summed E-state index contributed by atoms with van der Waals surface area (Å²) in [6.45, 7) is 4.53. The van der Waals surface area contributed by atoms with Gasteiger partial charge in [0.1, 0.15) is 13.2 Å². The molecule has 0 fully saturated rings. The summed E-state index contributed by atoms with van der Waals surface area (Å²) in [5.74, 6) is -0.213. The van der Waals surface area contributed by atoms with E-state index in [-0.39, 0.29) is 12.5 Å². The molecule has 0 heterocycles. The minimum Gasteiger partial charge on any atom is -0.756 e. The molecule has 0 aromatic rings. The summed E-state index contributed by atoms with van der Waals surface area (Å²) in [4.78, 5) is 25.5. The minimum atomic E-state index is -4.61. The fourth-order valence-corrected chi connectivity index (χ4v) is 8.64. The van der Waals surface area contributed by atoms with E-state index in [4.69, 9.17) is 9.05 Å². The van der Waals surface area contributed by atoms with Crippen LogP contribution in [0.4, 0.5) is 0 Å². The average Bonchev–Trinajstić information content (AvgIpc) is 3.31. The number of phosphoric ester groups is 1. The Hall–Kier alpha value is -2.32. The normalized spacial score (nSPS) is 14.6. The third-order valence-corrected chi connectivity index (χ3v) is 13.3. The summed E-state index contributed by atoms with van der Waals surface area (Å²) in [5.41, 5.74) is 0. The van der Waals surface area contributed by atoms with Crippen molar-refractivity contribution in [2.75, 3.05) is 40.9 Å². The van der Waals surface area contributed by atoms with Crippen LogP contribution in [0.5, 0.6) is 0 Å². The van der Waals surface area contributed by atoms with E-state index in [9.17, 15) is 19.4 Å². The van der Waals surface area contributed by atoms with Crippen molar-refractivity contribution < 1.29 is 32.9 Å². The second-order valence-corrected chi connectivity index (χ2v) is 21.7. The van der Waals surface area contributed by atoms with Gasteiger partial charge in [-0.1, -0.05) is 247 Å². The van der Waals surface area contributed by atoms with Gasteiger partial charge >= 0.3 is 0 Å². The van der Waals surface area contributed by atoms with Crippen LogP contribution < -0.4 is 10.2 Å². The number of nitrogens with zero attached hydrogens (tertiary/aromatic N) is 1. The fourth-order valence-electron chi connectivity index (χ4n) is 7.92. The van der Waals surface area contributed by atoms with E-state index in [1.807, 2.05) is 27.2 Å². The van der Waals surface area contributed by atoms with Crippen molar-refractivity contribution >= 4 is 13.7 Å². The van der Waals surface area contributed by atoms with Gasteiger partial charge in [0.2, 0.25) is 5.91 Å². The maximum Gasteiger partial charge on any atom is 0.268 e. The highest BCUT2D eigenvalue weighted by atomic mass is 31.2. The van der Waals surface area contributed by atoms with Gasteiger partial charge in [0.15, 0.2) is 0 Å². The second kappa shape index (κ2) is 50.6. The molecule has 1 amide bonds. The van der Waals surface area contributed by atoms with E-state index in [1.54, 1.807) is 6.08 Å². The lowest BCUT2D eigenvalue weighted by molar-refractivity contribution is -0.870. The molecule has 0 aliphatic rings. The predicted molar refractivity (Wildman–Crippen MR) is 297 cm³/mol. The number of likely N-dealkylation sites (N-methyl/N-ethyl adjacent to an activating group) is 1. The summed E-state index contributed by atoms with van der Waals surface area (Å²) < 4.78 is 23.3. The fraction of sp³-hybridized carbons (Fsp3) is 0.750. The first kappa shape index (κ1) is 66.7. The number of aliphatic hydroxyl groups is 1. The molecule has 69 heavy (non-hydrogen) atoms. The Morgan fingerprint density at radius 3 is 1.29 bits per heavy atom. The second-order valence-electron chi connectivity index (χ2n) is 20.3. The number of quaternary nitrogens is 1. The summed E-state index contributed by atoms with van der Waals surface area (Å²) in [7, 11) is 1.24. The average molecular weight is 986 g/mol. The molecular weight excluding hydrogens is 876 g/mol. The zero-order valence-corrected chi connectivity index (χ0v) is 46.4. The van der Waals surface area contributed by atoms with Gasteiger partial charge in [-0.25, -0.2) is 0 Å². The van der Waals surface area contributed by atoms with Crippen LogP contribution in [0.25, 0.3) is 0 Å². The zero-order valence-electron chi connectivity index (χ0n) is 45.5. The molecule has 400 valence electrons. The molecule has 0 rings (SSSR count). The Morgan fingerprint density at radius 1 is 0.522 bits per heavy atom. The van der Waals surface area contributed by atoms with Gasteiger partial charge in [0.05, 0.1) is 39.9 Å². The molecule has 0 spiro atoms. The van der Waals surface area contributed by atoms with E-state index < -0.39 is 26.6 Å². The molecule has 8 nitrogen and oxygen atoms in total. The minimum absolute atomic E-state index is 0.00819. The number of amides is 1. The van der Waals surface area contributed by atoms with E-state index in [0.29, 0.717) is 17.4 Å². The number of phosphoric acid groups is 1. The molecular formula is C60H109N2O6P. The van der Waals surface area contributed by atoms with Crippen molar-refractivity contribution in [2.45, 2.75) is 251 Å². The van der Waals surface area contributed by atoms with E-state index in [2.05, 4.69) is 92.1 Å². The van der Waals surface area contributed by atoms with Gasteiger partial charge in [-0.3, -0.25) is 9.36 Å². The number of carbonyl (C=O) groups excluding carboxylic acids is 1. The number of hydrogen-bond donors (Lipinski definition) is 2. The highest BCUT2D eigenvalue weighted by molar-refractivity contribution is 7.45. The van der Waals surface area contributed by atoms with Crippen LogP contribution in [-0.2, 0) is 18.4 Å². The van der Waals surface area contributed by atoms with Crippen molar-refractivity contribution in [1.29, 1.82) is 0 Å². The Balaban J connectivity index is 4.30. The van der Waals surface area contributed by atoms with Crippen LogP contribution in [0.15, 0.2) is 85.1 Å². The van der Waals surface area contributed by atoms with Crippen LogP contribution in [0, 0.1) is 0 Å². The quantitative estimate of drug-likeness (QED) is 0.0272. The lowest BCUT2D eigenvalue weighted by Gasteiger charge is -2.29. The van der Waals surface area contributed by atoms with Crippen LogP contribution in [0.1, 0.15) is 239 Å². The first-order chi connectivity index (χ1) is 33.5. The Bertz CT molecular complexity index is 1400. The Morgan fingerprint density at radius 2 is 0.884 bits per heavy atom. The van der Waals surface area contributed by atoms with Gasteiger partial charge in [-0.2, -0.15) is 0 Å². The maximum atomic E-state index is 13.0. The van der Waals surface area contributed by atoms with Crippen molar-refractivity contribution in [3.8, 4) is 0 Å². The molecule has 0 saturated carbocycles. The van der Waals surface area contributed by atoms with Gasteiger partial charge in [0.25, 0.3) is 7.82 Å². The monoisotopic (exact) mass is 985 g/mol.